The van der Waals surface area contributed by atoms with Crippen LogP contribution in [-0.4, -0.2) is 16.4 Å². The van der Waals surface area contributed by atoms with Gasteiger partial charge >= 0.3 is 0 Å². The maximum atomic E-state index is 9.75. The van der Waals surface area contributed by atoms with E-state index in [2.05, 4.69) is 33.0 Å². The number of hydrogen-bond donors (Lipinski definition) is 3. The van der Waals surface area contributed by atoms with Crippen molar-refractivity contribution >= 4 is 46.5 Å². The predicted molar refractivity (Wildman–Crippen MR) is 91.2 cm³/mol. The molecule has 2 rings (SSSR count). The quantitative estimate of drug-likeness (QED) is 0.344. The van der Waals surface area contributed by atoms with Gasteiger partial charge in [0, 0.05) is 5.56 Å². The van der Waals surface area contributed by atoms with E-state index in [-0.39, 0.29) is 10.9 Å². The van der Waals surface area contributed by atoms with Gasteiger partial charge in [-0.25, -0.2) is 0 Å². The van der Waals surface area contributed by atoms with E-state index < -0.39 is 0 Å². The maximum Gasteiger partial charge on any atom is 0.184 e. The molecule has 0 spiro atoms. The van der Waals surface area contributed by atoms with Crippen LogP contribution in [0.3, 0.4) is 0 Å². The lowest BCUT2D eigenvalue weighted by Crippen LogP contribution is -2.23. The molecule has 0 amide bonds. The zero-order valence-electron chi connectivity index (χ0n) is 11.3. The smallest absolute Gasteiger partial charge is 0.184 e. The van der Waals surface area contributed by atoms with E-state index in [1.54, 1.807) is 24.3 Å². The molecule has 4 N–H and O–H groups in total. The highest BCUT2D eigenvalue weighted by atomic mass is 35.5. The molecule has 2 aromatic rings. The summed E-state index contributed by atoms with van der Waals surface area (Å²) in [5, 5.41) is 22.2. The second-order valence-corrected chi connectivity index (χ2v) is 4.98. The third-order valence-electron chi connectivity index (χ3n) is 2.52. The largest absolute Gasteiger partial charge is 0.507 e. The van der Waals surface area contributed by atoms with Gasteiger partial charge in [0.1, 0.15) is 11.4 Å². The minimum Gasteiger partial charge on any atom is -0.507 e. The molecule has 0 unspecified atom stereocenters. The van der Waals surface area contributed by atoms with Crippen molar-refractivity contribution in [3.63, 3.8) is 0 Å². The van der Waals surface area contributed by atoms with Gasteiger partial charge in [-0.1, -0.05) is 23.7 Å². The molecule has 2 aromatic carbocycles. The van der Waals surface area contributed by atoms with Gasteiger partial charge in [-0.15, -0.1) is 5.11 Å². The molecule has 0 aromatic heterocycles. The Morgan fingerprint density at radius 2 is 2.00 bits per heavy atom. The van der Waals surface area contributed by atoms with Crippen LogP contribution in [0, 0.1) is 0 Å². The van der Waals surface area contributed by atoms with Crippen LogP contribution in [0.15, 0.2) is 57.8 Å². The van der Waals surface area contributed by atoms with Crippen LogP contribution in [-0.2, 0) is 0 Å². The minimum absolute atomic E-state index is 0.0327. The molecule has 0 heterocycles. The number of nitrogens with zero attached hydrogens (tertiary/aromatic N) is 3. The molecule has 8 heteroatoms. The molecule has 0 saturated carbocycles. The van der Waals surface area contributed by atoms with E-state index in [0.29, 0.717) is 22.0 Å². The van der Waals surface area contributed by atoms with E-state index >= 15 is 0 Å². The van der Waals surface area contributed by atoms with Gasteiger partial charge in [-0.2, -0.15) is 10.2 Å². The van der Waals surface area contributed by atoms with E-state index in [1.807, 2.05) is 12.1 Å². The van der Waals surface area contributed by atoms with Crippen LogP contribution in [0.4, 0.5) is 11.4 Å². The van der Waals surface area contributed by atoms with Crippen molar-refractivity contribution in [3.8, 4) is 5.75 Å². The molecule has 0 radical (unpaired) electrons. The molecule has 0 aliphatic rings. The van der Waals surface area contributed by atoms with Gasteiger partial charge in [0.15, 0.2) is 5.11 Å². The van der Waals surface area contributed by atoms with Gasteiger partial charge in [0.25, 0.3) is 0 Å². The van der Waals surface area contributed by atoms with Crippen LogP contribution >= 0.6 is 23.8 Å². The van der Waals surface area contributed by atoms with Crippen LogP contribution in [0.2, 0.25) is 5.02 Å². The number of halogens is 1. The zero-order valence-corrected chi connectivity index (χ0v) is 12.8. The number of thiocarbonyl (C=S) groups is 1. The monoisotopic (exact) mass is 333 g/mol. The maximum absolute atomic E-state index is 9.75. The molecular formula is C14H12ClN5OS. The second kappa shape index (κ2) is 7.48. The first-order valence-corrected chi connectivity index (χ1v) is 6.92. The number of rotatable bonds is 4. The summed E-state index contributed by atoms with van der Waals surface area (Å²) in [6, 6.07) is 11.8. The molecule has 6 nitrogen and oxygen atoms in total. The van der Waals surface area contributed by atoms with Gasteiger partial charge < -0.3 is 10.8 Å². The minimum atomic E-state index is 0.0327. The summed E-state index contributed by atoms with van der Waals surface area (Å²) in [5.74, 6) is 0.0465. The molecular weight excluding hydrogens is 322 g/mol. The number of phenolic OH excluding ortho intramolecular Hbond substituents is 1. The first-order valence-electron chi connectivity index (χ1n) is 6.14. The van der Waals surface area contributed by atoms with Crippen molar-refractivity contribution in [2.75, 3.05) is 0 Å². The van der Waals surface area contributed by atoms with Gasteiger partial charge in [0.05, 0.1) is 16.9 Å². The number of nitrogens with one attached hydrogen (secondary N) is 1. The predicted octanol–water partition coefficient (Wildman–Crippen LogP) is 3.63. The number of aromatic hydroxyl groups is 1. The van der Waals surface area contributed by atoms with E-state index in [9.17, 15) is 5.11 Å². The number of hydrazone groups is 1. The Hall–Kier alpha value is -2.51. The van der Waals surface area contributed by atoms with Crippen LogP contribution in [0.5, 0.6) is 5.75 Å². The fourth-order valence-corrected chi connectivity index (χ4v) is 1.74. The number of benzene rings is 2. The summed E-state index contributed by atoms with van der Waals surface area (Å²) in [5.41, 5.74) is 9.19. The highest BCUT2D eigenvalue weighted by Gasteiger charge is 2.01. The Balaban J connectivity index is 2.20. The van der Waals surface area contributed by atoms with E-state index in [4.69, 9.17) is 17.3 Å². The van der Waals surface area contributed by atoms with Crippen molar-refractivity contribution in [1.82, 2.24) is 5.43 Å². The van der Waals surface area contributed by atoms with Crippen molar-refractivity contribution in [1.29, 1.82) is 0 Å². The lowest BCUT2D eigenvalue weighted by Gasteiger charge is -2.01. The third-order valence-corrected chi connectivity index (χ3v) is 2.93. The highest BCUT2D eigenvalue weighted by Crippen LogP contribution is 2.27. The average Bonchev–Trinajstić information content (AvgIpc) is 2.49. The van der Waals surface area contributed by atoms with Crippen LogP contribution in [0.25, 0.3) is 0 Å². The third kappa shape index (κ3) is 4.51. The summed E-state index contributed by atoms with van der Waals surface area (Å²) in [6.45, 7) is 0. The Kier molecular flexibility index (Phi) is 5.40. The van der Waals surface area contributed by atoms with E-state index in [0.717, 1.165) is 0 Å². The molecule has 0 saturated heterocycles. The molecule has 0 fully saturated rings. The molecule has 0 aliphatic heterocycles. The zero-order chi connectivity index (χ0) is 15.9. The Labute approximate surface area is 137 Å². The Morgan fingerprint density at radius 1 is 1.23 bits per heavy atom. The molecule has 0 atom stereocenters. The summed E-state index contributed by atoms with van der Waals surface area (Å²) in [4.78, 5) is 0. The number of nitrogens with two attached hydrogens (primary N) is 1. The van der Waals surface area contributed by atoms with Gasteiger partial charge in [-0.3, -0.25) is 5.43 Å². The van der Waals surface area contributed by atoms with Crippen molar-refractivity contribution < 1.29 is 5.11 Å². The Bertz CT molecular complexity index is 748. The Morgan fingerprint density at radius 3 is 2.73 bits per heavy atom. The summed E-state index contributed by atoms with van der Waals surface area (Å²) < 4.78 is 0. The summed E-state index contributed by atoms with van der Waals surface area (Å²) >= 11 is 10.6. The van der Waals surface area contributed by atoms with Gasteiger partial charge in [0.2, 0.25) is 0 Å². The molecule has 0 aliphatic carbocycles. The highest BCUT2D eigenvalue weighted by molar-refractivity contribution is 7.80. The number of phenols is 1. The van der Waals surface area contributed by atoms with E-state index in [1.165, 1.54) is 12.3 Å². The van der Waals surface area contributed by atoms with Crippen molar-refractivity contribution in [3.05, 3.63) is 53.1 Å². The standard InChI is InChI=1S/C14H12ClN5OS/c15-11-3-1-2-4-12(11)19-18-10-5-6-13(21)9(7-10)8-17-20-14(16)22/h1-8,21H,(H3,16,20,22)/b17-8+,19-18?. The topological polar surface area (TPSA) is 95.4 Å². The summed E-state index contributed by atoms with van der Waals surface area (Å²) in [6.07, 6.45) is 1.38. The fraction of sp³-hybridized carbons (Fsp3) is 0. The molecule has 112 valence electrons. The SMILES string of the molecule is NC(=S)N/N=C/c1cc(N=Nc2ccccc2Cl)ccc1O. The molecule has 22 heavy (non-hydrogen) atoms. The number of azo groups is 1. The van der Waals surface area contributed by atoms with Crippen LogP contribution < -0.4 is 11.2 Å². The fourth-order valence-electron chi connectivity index (χ4n) is 1.52. The van der Waals surface area contributed by atoms with Crippen molar-refractivity contribution in [2.45, 2.75) is 0 Å². The number of hydrogen-bond acceptors (Lipinski definition) is 5. The average molecular weight is 334 g/mol. The second-order valence-electron chi connectivity index (χ2n) is 4.13. The van der Waals surface area contributed by atoms with Crippen LogP contribution in [0.1, 0.15) is 5.56 Å². The normalized spacial score (nSPS) is 11.1. The molecule has 0 bridgehead atoms. The summed E-state index contributed by atoms with van der Waals surface area (Å²) in [7, 11) is 0. The van der Waals surface area contributed by atoms with Gasteiger partial charge in [-0.05, 0) is 42.5 Å². The lowest BCUT2D eigenvalue weighted by atomic mass is 10.2. The van der Waals surface area contributed by atoms with Crippen molar-refractivity contribution in [2.24, 2.45) is 21.1 Å². The first-order chi connectivity index (χ1) is 10.6. The lowest BCUT2D eigenvalue weighted by molar-refractivity contribution is 0.474. The first kappa shape index (κ1) is 15.9.